The SMILES string of the molecule is CCOc1cccc(F)c1CN1CCN(C(=O)[C@H](NC(=O)OCc2ccccc2)C2CCN(CCc3cc(OC(F)(F)F)ccc3-c3ccccc3)CC2)CC1. The zero-order chi connectivity index (χ0) is 39.5. The fraction of sp³-hybridized carbons (Fsp3) is 0.395. The molecule has 2 saturated heterocycles. The predicted octanol–water partition coefficient (Wildman–Crippen LogP) is 7.68. The molecule has 2 amide bonds. The first-order chi connectivity index (χ1) is 27.1. The summed E-state index contributed by atoms with van der Waals surface area (Å²) in [6.07, 6.45) is -3.76. The van der Waals surface area contributed by atoms with Crippen LogP contribution >= 0.6 is 0 Å². The minimum absolute atomic E-state index is 0.0602. The van der Waals surface area contributed by atoms with Crippen LogP contribution in [0.15, 0.2) is 97.1 Å². The van der Waals surface area contributed by atoms with Gasteiger partial charge < -0.3 is 29.3 Å². The Morgan fingerprint density at radius 3 is 2.21 bits per heavy atom. The monoisotopic (exact) mass is 776 g/mol. The summed E-state index contributed by atoms with van der Waals surface area (Å²) in [5.41, 5.74) is 3.78. The molecule has 13 heteroatoms. The van der Waals surface area contributed by atoms with Crippen molar-refractivity contribution < 1.29 is 41.4 Å². The number of ether oxygens (including phenoxy) is 3. The summed E-state index contributed by atoms with van der Waals surface area (Å²) >= 11 is 0. The van der Waals surface area contributed by atoms with Gasteiger partial charge in [0.1, 0.15) is 30.0 Å². The maximum absolute atomic E-state index is 14.8. The van der Waals surface area contributed by atoms with Gasteiger partial charge in [-0.2, -0.15) is 0 Å². The van der Waals surface area contributed by atoms with Gasteiger partial charge in [0.05, 0.1) is 6.61 Å². The summed E-state index contributed by atoms with van der Waals surface area (Å²) in [5, 5.41) is 2.90. The van der Waals surface area contributed by atoms with E-state index < -0.39 is 18.5 Å². The molecule has 0 spiro atoms. The highest BCUT2D eigenvalue weighted by molar-refractivity contribution is 5.86. The molecule has 2 heterocycles. The van der Waals surface area contributed by atoms with E-state index in [1.807, 2.05) is 67.6 Å². The number of hydrogen-bond donors (Lipinski definition) is 1. The van der Waals surface area contributed by atoms with Crippen LogP contribution in [0.5, 0.6) is 11.5 Å². The van der Waals surface area contributed by atoms with Crippen molar-refractivity contribution in [1.82, 2.24) is 20.0 Å². The van der Waals surface area contributed by atoms with Crippen LogP contribution in [0.3, 0.4) is 0 Å². The zero-order valence-electron chi connectivity index (χ0n) is 31.5. The Morgan fingerprint density at radius 1 is 0.839 bits per heavy atom. The molecular formula is C43H48F4N4O5. The average molecular weight is 777 g/mol. The van der Waals surface area contributed by atoms with Crippen molar-refractivity contribution >= 4 is 12.0 Å². The fourth-order valence-corrected chi connectivity index (χ4v) is 7.46. The molecule has 2 aliphatic rings. The van der Waals surface area contributed by atoms with Crippen LogP contribution in [0, 0.1) is 11.7 Å². The van der Waals surface area contributed by atoms with Gasteiger partial charge >= 0.3 is 12.5 Å². The van der Waals surface area contributed by atoms with Crippen molar-refractivity contribution in [3.63, 3.8) is 0 Å². The topological polar surface area (TPSA) is 83.6 Å². The molecule has 298 valence electrons. The fourth-order valence-electron chi connectivity index (χ4n) is 7.46. The van der Waals surface area contributed by atoms with Crippen LogP contribution in [0.4, 0.5) is 22.4 Å². The highest BCUT2D eigenvalue weighted by atomic mass is 19.4. The molecule has 4 aromatic carbocycles. The number of amides is 2. The second-order valence-electron chi connectivity index (χ2n) is 14.1. The van der Waals surface area contributed by atoms with E-state index in [0.717, 1.165) is 22.3 Å². The van der Waals surface area contributed by atoms with Gasteiger partial charge in [0.2, 0.25) is 5.91 Å². The number of halogens is 4. The van der Waals surface area contributed by atoms with E-state index in [0.29, 0.717) is 89.5 Å². The van der Waals surface area contributed by atoms with Crippen molar-refractivity contribution in [2.45, 2.75) is 51.7 Å². The van der Waals surface area contributed by atoms with Gasteiger partial charge in [-0.25, -0.2) is 9.18 Å². The predicted molar refractivity (Wildman–Crippen MR) is 204 cm³/mol. The molecule has 56 heavy (non-hydrogen) atoms. The molecular weight excluding hydrogens is 728 g/mol. The van der Waals surface area contributed by atoms with Crippen LogP contribution in [0.1, 0.15) is 36.5 Å². The standard InChI is InChI=1S/C43H48F4N4O5/c1-2-54-39-15-9-14-38(44)37(39)29-50-24-26-51(27-25-50)41(52)40(48-42(53)55-30-31-10-5-3-6-11-31)33-18-21-49(22-19-33)23-20-34-28-35(56-43(45,46)47)16-17-36(34)32-12-7-4-8-13-32/h3-17,28,33,40H,2,18-27,29-30H2,1H3,(H,48,53)/t40-/m1/s1. The summed E-state index contributed by atoms with van der Waals surface area (Å²) in [6.45, 7) is 6.40. The van der Waals surface area contributed by atoms with Gasteiger partial charge in [-0.1, -0.05) is 72.8 Å². The quantitative estimate of drug-likeness (QED) is 0.132. The number of hydrogen-bond acceptors (Lipinski definition) is 7. The van der Waals surface area contributed by atoms with Gasteiger partial charge in [0.25, 0.3) is 0 Å². The molecule has 0 aromatic heterocycles. The van der Waals surface area contributed by atoms with E-state index in [1.54, 1.807) is 23.1 Å². The van der Waals surface area contributed by atoms with E-state index in [4.69, 9.17) is 9.47 Å². The third-order valence-corrected chi connectivity index (χ3v) is 10.4. The summed E-state index contributed by atoms with van der Waals surface area (Å²) < 4.78 is 69.5. The molecule has 6 rings (SSSR count). The van der Waals surface area contributed by atoms with Crippen LogP contribution in [-0.4, -0.2) is 91.5 Å². The van der Waals surface area contributed by atoms with Crippen LogP contribution in [-0.2, 0) is 29.1 Å². The maximum atomic E-state index is 14.8. The number of carbonyl (C=O) groups excluding carboxylic acids is 2. The molecule has 9 nitrogen and oxygen atoms in total. The molecule has 0 aliphatic carbocycles. The van der Waals surface area contributed by atoms with Crippen molar-refractivity contribution in [2.75, 3.05) is 52.4 Å². The first-order valence-electron chi connectivity index (χ1n) is 19.1. The molecule has 0 bridgehead atoms. The lowest BCUT2D eigenvalue weighted by Gasteiger charge is -2.40. The number of rotatable bonds is 14. The summed E-state index contributed by atoms with van der Waals surface area (Å²) in [5.74, 6) is -0.442. The second-order valence-corrected chi connectivity index (χ2v) is 14.1. The first-order valence-corrected chi connectivity index (χ1v) is 19.1. The Balaban J connectivity index is 1.10. The minimum atomic E-state index is -4.80. The summed E-state index contributed by atoms with van der Waals surface area (Å²) in [7, 11) is 0. The Kier molecular flexibility index (Phi) is 13.8. The first kappa shape index (κ1) is 40.5. The largest absolute Gasteiger partial charge is 0.573 e. The summed E-state index contributed by atoms with van der Waals surface area (Å²) in [4.78, 5) is 33.5. The number of alkyl carbamates (subject to hydrolysis) is 1. The smallest absolute Gasteiger partial charge is 0.493 e. The van der Waals surface area contributed by atoms with Gasteiger partial charge in [0, 0.05) is 44.8 Å². The van der Waals surface area contributed by atoms with Gasteiger partial charge in [-0.05, 0) is 91.7 Å². The van der Waals surface area contributed by atoms with E-state index in [1.165, 1.54) is 18.2 Å². The van der Waals surface area contributed by atoms with Gasteiger partial charge in [0.15, 0.2) is 0 Å². The van der Waals surface area contributed by atoms with Crippen LogP contribution < -0.4 is 14.8 Å². The number of nitrogens with one attached hydrogen (secondary N) is 1. The third-order valence-electron chi connectivity index (χ3n) is 10.4. The molecule has 1 atom stereocenters. The van der Waals surface area contributed by atoms with Crippen molar-refractivity contribution in [1.29, 1.82) is 0 Å². The highest BCUT2D eigenvalue weighted by Gasteiger charge is 2.37. The minimum Gasteiger partial charge on any atom is -0.493 e. The zero-order valence-corrected chi connectivity index (χ0v) is 31.5. The van der Waals surface area contributed by atoms with E-state index in [2.05, 4.69) is 19.9 Å². The number of piperidine rings is 1. The van der Waals surface area contributed by atoms with Gasteiger partial charge in [-0.15, -0.1) is 13.2 Å². The van der Waals surface area contributed by atoms with Crippen molar-refractivity contribution in [2.24, 2.45) is 5.92 Å². The lowest BCUT2D eigenvalue weighted by atomic mass is 9.88. The van der Waals surface area contributed by atoms with E-state index in [-0.39, 0.29) is 30.0 Å². The second kappa shape index (κ2) is 19.1. The molecule has 0 radical (unpaired) electrons. The molecule has 0 unspecified atom stereocenters. The molecule has 1 N–H and O–H groups in total. The molecule has 0 saturated carbocycles. The Bertz CT molecular complexity index is 1880. The van der Waals surface area contributed by atoms with Crippen LogP contribution in [0.2, 0.25) is 0 Å². The van der Waals surface area contributed by atoms with E-state index >= 15 is 0 Å². The Labute approximate surface area is 325 Å². The number of nitrogens with zero attached hydrogens (tertiary/aromatic N) is 3. The lowest BCUT2D eigenvalue weighted by molar-refractivity contribution is -0.274. The number of alkyl halides is 3. The molecule has 2 aliphatic heterocycles. The van der Waals surface area contributed by atoms with Crippen molar-refractivity contribution in [3.05, 3.63) is 120 Å². The Hall–Kier alpha value is -5.14. The lowest BCUT2D eigenvalue weighted by Crippen LogP contribution is -2.58. The molecule has 4 aromatic rings. The number of carbonyl (C=O) groups is 2. The third kappa shape index (κ3) is 11.2. The normalized spacial score (nSPS) is 16.3. The number of likely N-dealkylation sites (tertiary alicyclic amines) is 1. The maximum Gasteiger partial charge on any atom is 0.573 e. The summed E-state index contributed by atoms with van der Waals surface area (Å²) in [6, 6.07) is 27.2. The highest BCUT2D eigenvalue weighted by Crippen LogP contribution is 2.32. The Morgan fingerprint density at radius 2 is 1.54 bits per heavy atom. The van der Waals surface area contributed by atoms with Crippen molar-refractivity contribution in [3.8, 4) is 22.6 Å². The van der Waals surface area contributed by atoms with Gasteiger partial charge in [-0.3, -0.25) is 9.69 Å². The number of piperazine rings is 1. The molecule has 2 fully saturated rings. The van der Waals surface area contributed by atoms with E-state index in [9.17, 15) is 27.2 Å². The number of benzene rings is 4. The van der Waals surface area contributed by atoms with Crippen LogP contribution in [0.25, 0.3) is 11.1 Å². The average Bonchev–Trinajstić information content (AvgIpc) is 3.20.